The molecule has 1 N–H and O–H groups in total. The number of benzene rings is 1. The first-order chi connectivity index (χ1) is 12.5. The molecular formula is C20H20ClFN2O2. The Morgan fingerprint density at radius 2 is 2.00 bits per heavy atom. The van der Waals surface area contributed by atoms with Crippen molar-refractivity contribution >= 4 is 23.3 Å². The van der Waals surface area contributed by atoms with Crippen LogP contribution in [-0.2, 0) is 6.54 Å². The number of aromatic carboxylic acids is 1. The van der Waals surface area contributed by atoms with Gasteiger partial charge in [0.05, 0.1) is 0 Å². The lowest BCUT2D eigenvalue weighted by molar-refractivity contribution is 0.0690. The van der Waals surface area contributed by atoms with Crippen molar-refractivity contribution in [3.8, 4) is 0 Å². The molecular weight excluding hydrogens is 355 g/mol. The molecule has 2 aliphatic rings. The molecule has 2 aromatic rings. The van der Waals surface area contributed by atoms with E-state index in [2.05, 4.69) is 9.88 Å². The Hall–Kier alpha value is -2.14. The van der Waals surface area contributed by atoms with Gasteiger partial charge >= 0.3 is 5.97 Å². The summed E-state index contributed by atoms with van der Waals surface area (Å²) in [5.41, 5.74) is 2.95. The molecule has 0 spiro atoms. The summed E-state index contributed by atoms with van der Waals surface area (Å²) in [4.78, 5) is 17.6. The van der Waals surface area contributed by atoms with Crippen molar-refractivity contribution in [1.82, 2.24) is 4.98 Å². The first-order valence-corrected chi connectivity index (χ1v) is 9.32. The van der Waals surface area contributed by atoms with Gasteiger partial charge in [0.25, 0.3) is 0 Å². The number of anilines is 1. The molecule has 1 aliphatic carbocycles. The third kappa shape index (κ3) is 3.28. The van der Waals surface area contributed by atoms with E-state index in [0.717, 1.165) is 36.2 Å². The fourth-order valence-electron chi connectivity index (χ4n) is 4.38. The second-order valence-corrected chi connectivity index (χ2v) is 7.67. The fourth-order valence-corrected chi connectivity index (χ4v) is 4.60. The van der Waals surface area contributed by atoms with Crippen LogP contribution in [0, 0.1) is 11.7 Å². The van der Waals surface area contributed by atoms with Crippen LogP contribution in [0.5, 0.6) is 0 Å². The molecule has 26 heavy (non-hydrogen) atoms. The molecule has 4 nitrogen and oxygen atoms in total. The van der Waals surface area contributed by atoms with Crippen molar-refractivity contribution in [1.29, 1.82) is 0 Å². The predicted molar refractivity (Wildman–Crippen MR) is 98.4 cm³/mol. The van der Waals surface area contributed by atoms with Gasteiger partial charge in [-0.3, -0.25) is 0 Å². The summed E-state index contributed by atoms with van der Waals surface area (Å²) in [5.74, 6) is -0.610. The number of nitrogens with zero attached hydrogens (tertiary/aromatic N) is 2. The Labute approximate surface area is 156 Å². The average molecular weight is 375 g/mol. The van der Waals surface area contributed by atoms with Crippen LogP contribution in [0.25, 0.3) is 0 Å². The second kappa shape index (κ2) is 6.88. The quantitative estimate of drug-likeness (QED) is 0.833. The van der Waals surface area contributed by atoms with Crippen molar-refractivity contribution in [2.75, 3.05) is 11.4 Å². The first-order valence-electron chi connectivity index (χ1n) is 8.94. The standard InChI is InChI=1S/C20H20ClFN2O2/c21-14-5-15(22)7-16(6-14)24-10-13-9-23-19(20(25)26)8-17(13)18(11-24)12-3-1-2-4-12/h5-9,12,18H,1-4,10-11H2,(H,25,26). The number of carboxylic acid groups (broad SMARTS) is 1. The number of halogens is 2. The summed E-state index contributed by atoms with van der Waals surface area (Å²) in [6, 6.07) is 6.32. The summed E-state index contributed by atoms with van der Waals surface area (Å²) in [6.07, 6.45) is 6.37. The third-order valence-electron chi connectivity index (χ3n) is 5.60. The summed E-state index contributed by atoms with van der Waals surface area (Å²) in [7, 11) is 0. The molecule has 1 atom stereocenters. The number of carboxylic acids is 1. The van der Waals surface area contributed by atoms with Gasteiger partial charge in [-0.2, -0.15) is 0 Å². The monoisotopic (exact) mass is 374 g/mol. The van der Waals surface area contributed by atoms with E-state index in [1.807, 2.05) is 0 Å². The Morgan fingerprint density at radius 3 is 2.69 bits per heavy atom. The maximum atomic E-state index is 13.8. The van der Waals surface area contributed by atoms with Crippen LogP contribution < -0.4 is 4.90 Å². The van der Waals surface area contributed by atoms with Crippen LogP contribution in [0.2, 0.25) is 5.02 Å². The van der Waals surface area contributed by atoms with Crippen LogP contribution in [0.1, 0.15) is 53.2 Å². The maximum absolute atomic E-state index is 13.8. The van der Waals surface area contributed by atoms with Gasteiger partial charge in [0, 0.05) is 35.9 Å². The minimum absolute atomic E-state index is 0.0917. The lowest BCUT2D eigenvalue weighted by Crippen LogP contribution is -2.36. The van der Waals surface area contributed by atoms with E-state index in [9.17, 15) is 14.3 Å². The first kappa shape index (κ1) is 17.3. The minimum atomic E-state index is -1.00. The molecule has 0 radical (unpaired) electrons. The Kier molecular flexibility index (Phi) is 4.57. The highest BCUT2D eigenvalue weighted by Crippen LogP contribution is 2.43. The molecule has 1 aliphatic heterocycles. The van der Waals surface area contributed by atoms with Crippen LogP contribution in [-0.4, -0.2) is 22.6 Å². The molecule has 2 heterocycles. The molecule has 6 heteroatoms. The van der Waals surface area contributed by atoms with E-state index in [-0.39, 0.29) is 17.4 Å². The number of carbonyl (C=O) groups is 1. The lowest BCUT2D eigenvalue weighted by atomic mass is 9.80. The summed E-state index contributed by atoms with van der Waals surface area (Å²) >= 11 is 6.04. The van der Waals surface area contributed by atoms with Crippen LogP contribution in [0.3, 0.4) is 0 Å². The van der Waals surface area contributed by atoms with Gasteiger partial charge in [-0.15, -0.1) is 0 Å². The van der Waals surface area contributed by atoms with Crippen LogP contribution >= 0.6 is 11.6 Å². The van der Waals surface area contributed by atoms with Crippen molar-refractivity contribution < 1.29 is 14.3 Å². The zero-order valence-electron chi connectivity index (χ0n) is 14.3. The highest BCUT2D eigenvalue weighted by Gasteiger charge is 2.34. The lowest BCUT2D eigenvalue weighted by Gasteiger charge is -2.39. The average Bonchev–Trinajstić information content (AvgIpc) is 3.13. The fraction of sp³-hybridized carbons (Fsp3) is 0.400. The highest BCUT2D eigenvalue weighted by molar-refractivity contribution is 6.30. The number of rotatable bonds is 3. The van der Waals surface area contributed by atoms with Crippen LogP contribution in [0.4, 0.5) is 10.1 Å². The Morgan fingerprint density at radius 1 is 1.23 bits per heavy atom. The van der Waals surface area contributed by atoms with Gasteiger partial charge < -0.3 is 10.0 Å². The van der Waals surface area contributed by atoms with Crippen molar-refractivity contribution in [2.24, 2.45) is 5.92 Å². The number of pyridine rings is 1. The molecule has 1 aromatic carbocycles. The zero-order valence-corrected chi connectivity index (χ0v) is 15.0. The topological polar surface area (TPSA) is 53.4 Å². The van der Waals surface area contributed by atoms with Gasteiger partial charge in [0.2, 0.25) is 0 Å². The normalized spacial score (nSPS) is 20.2. The molecule has 4 rings (SSSR count). The molecule has 0 amide bonds. The van der Waals surface area contributed by atoms with E-state index in [1.54, 1.807) is 18.3 Å². The minimum Gasteiger partial charge on any atom is -0.477 e. The Bertz CT molecular complexity index is 831. The molecule has 136 valence electrons. The van der Waals surface area contributed by atoms with Gasteiger partial charge in [0.15, 0.2) is 0 Å². The van der Waals surface area contributed by atoms with Gasteiger partial charge in [0.1, 0.15) is 11.5 Å². The van der Waals surface area contributed by atoms with E-state index < -0.39 is 5.97 Å². The molecule has 1 aromatic heterocycles. The summed E-state index contributed by atoms with van der Waals surface area (Å²) in [5, 5.41) is 9.68. The largest absolute Gasteiger partial charge is 0.477 e. The van der Waals surface area contributed by atoms with E-state index in [1.165, 1.54) is 25.0 Å². The van der Waals surface area contributed by atoms with Crippen molar-refractivity contribution in [3.05, 3.63) is 58.1 Å². The van der Waals surface area contributed by atoms with E-state index in [0.29, 0.717) is 17.5 Å². The Balaban J connectivity index is 1.74. The highest BCUT2D eigenvalue weighted by atomic mass is 35.5. The molecule has 0 bridgehead atoms. The van der Waals surface area contributed by atoms with Gasteiger partial charge in [-0.1, -0.05) is 24.4 Å². The van der Waals surface area contributed by atoms with Crippen molar-refractivity contribution in [3.63, 3.8) is 0 Å². The summed E-state index contributed by atoms with van der Waals surface area (Å²) < 4.78 is 13.8. The smallest absolute Gasteiger partial charge is 0.354 e. The SMILES string of the molecule is O=C(O)c1cc2c(cn1)CN(c1cc(F)cc(Cl)c1)CC2C1CCCC1. The van der Waals surface area contributed by atoms with E-state index >= 15 is 0 Å². The second-order valence-electron chi connectivity index (χ2n) is 7.23. The zero-order chi connectivity index (χ0) is 18.3. The molecule has 1 saturated carbocycles. The third-order valence-corrected chi connectivity index (χ3v) is 5.82. The van der Waals surface area contributed by atoms with Gasteiger partial charge in [-0.05, 0) is 54.2 Å². The van der Waals surface area contributed by atoms with Gasteiger partial charge in [-0.25, -0.2) is 14.2 Å². The summed E-state index contributed by atoms with van der Waals surface area (Å²) in [6.45, 7) is 1.31. The number of hydrogen-bond donors (Lipinski definition) is 1. The molecule has 1 unspecified atom stereocenters. The number of aromatic nitrogens is 1. The predicted octanol–water partition coefficient (Wildman–Crippen LogP) is 4.87. The molecule has 1 fully saturated rings. The van der Waals surface area contributed by atoms with Crippen molar-refractivity contribution in [2.45, 2.75) is 38.1 Å². The number of fused-ring (bicyclic) bond motifs is 1. The van der Waals surface area contributed by atoms with E-state index in [4.69, 9.17) is 11.6 Å². The maximum Gasteiger partial charge on any atom is 0.354 e. The van der Waals surface area contributed by atoms with Crippen LogP contribution in [0.15, 0.2) is 30.5 Å². The number of hydrogen-bond acceptors (Lipinski definition) is 3. The molecule has 0 saturated heterocycles.